The fourth-order valence-electron chi connectivity index (χ4n) is 2.68. The number of hydrogen-bond donors (Lipinski definition) is 0. The van der Waals surface area contributed by atoms with E-state index in [0.717, 1.165) is 0 Å². The van der Waals surface area contributed by atoms with E-state index in [0.29, 0.717) is 18.8 Å². The Morgan fingerprint density at radius 3 is 2.65 bits per heavy atom. The first-order valence-electron chi connectivity index (χ1n) is 6.95. The molecular formula is C14H15F3N4O2. The monoisotopic (exact) mass is 328 g/mol. The van der Waals surface area contributed by atoms with E-state index in [1.807, 2.05) is 6.07 Å². The zero-order chi connectivity index (χ0) is 17.2. The van der Waals surface area contributed by atoms with E-state index in [2.05, 4.69) is 0 Å². The van der Waals surface area contributed by atoms with E-state index in [1.165, 1.54) is 23.1 Å². The average molecular weight is 328 g/mol. The summed E-state index contributed by atoms with van der Waals surface area (Å²) in [6, 6.07) is 5.52. The van der Waals surface area contributed by atoms with Crippen LogP contribution >= 0.6 is 0 Å². The van der Waals surface area contributed by atoms with Gasteiger partial charge in [-0.1, -0.05) is 0 Å². The maximum absolute atomic E-state index is 12.5. The van der Waals surface area contributed by atoms with Crippen LogP contribution in [-0.4, -0.2) is 48.2 Å². The lowest BCUT2D eigenvalue weighted by Gasteiger charge is -2.41. The Kier molecular flexibility index (Phi) is 4.75. The van der Waals surface area contributed by atoms with Crippen LogP contribution in [0.4, 0.5) is 24.5 Å². The van der Waals surface area contributed by atoms with Gasteiger partial charge in [0.2, 0.25) is 0 Å². The molecule has 0 aromatic heterocycles. The van der Waals surface area contributed by atoms with Crippen molar-refractivity contribution >= 4 is 11.4 Å². The number of halogens is 3. The van der Waals surface area contributed by atoms with Crippen molar-refractivity contribution in [2.75, 3.05) is 31.1 Å². The summed E-state index contributed by atoms with van der Waals surface area (Å²) in [4.78, 5) is 13.3. The fraction of sp³-hybridized carbons (Fsp3) is 0.500. The second-order valence-corrected chi connectivity index (χ2v) is 5.45. The molecule has 1 fully saturated rings. The Morgan fingerprint density at radius 2 is 2.13 bits per heavy atom. The minimum atomic E-state index is -4.25. The number of benzene rings is 1. The standard InChI is InChI=1S/C14H15F3N4O2/c1-10-8-19(4-5-20(10)9-14(15,16)17)13-3-2-12(21(22)23)6-11(13)7-18/h2-3,6,10H,4-5,8-9H2,1H3. The molecule has 9 heteroatoms. The van der Waals surface area contributed by atoms with Crippen LogP contribution in [0, 0.1) is 21.4 Å². The second-order valence-electron chi connectivity index (χ2n) is 5.45. The molecule has 2 rings (SSSR count). The van der Waals surface area contributed by atoms with E-state index in [1.54, 1.807) is 11.8 Å². The number of anilines is 1. The molecule has 1 aromatic carbocycles. The first-order chi connectivity index (χ1) is 10.7. The molecule has 0 N–H and O–H groups in total. The fourth-order valence-corrected chi connectivity index (χ4v) is 2.68. The highest BCUT2D eigenvalue weighted by Gasteiger charge is 2.35. The van der Waals surface area contributed by atoms with Gasteiger partial charge in [0.15, 0.2) is 0 Å². The molecular weight excluding hydrogens is 313 g/mol. The van der Waals surface area contributed by atoms with Crippen LogP contribution in [0.2, 0.25) is 0 Å². The number of nitro groups is 1. The number of rotatable bonds is 3. The van der Waals surface area contributed by atoms with Crippen molar-refractivity contribution in [3.05, 3.63) is 33.9 Å². The zero-order valence-corrected chi connectivity index (χ0v) is 12.4. The van der Waals surface area contributed by atoms with Crippen LogP contribution in [0.1, 0.15) is 12.5 Å². The van der Waals surface area contributed by atoms with Crippen LogP contribution in [0.3, 0.4) is 0 Å². The van der Waals surface area contributed by atoms with Gasteiger partial charge < -0.3 is 4.90 Å². The van der Waals surface area contributed by atoms with Gasteiger partial charge in [-0.2, -0.15) is 18.4 Å². The van der Waals surface area contributed by atoms with Crippen molar-refractivity contribution in [3.63, 3.8) is 0 Å². The van der Waals surface area contributed by atoms with Crippen molar-refractivity contribution in [2.45, 2.75) is 19.1 Å². The highest BCUT2D eigenvalue weighted by Crippen LogP contribution is 2.28. The van der Waals surface area contributed by atoms with Crippen LogP contribution < -0.4 is 4.90 Å². The molecule has 1 saturated heterocycles. The molecule has 0 spiro atoms. The highest BCUT2D eigenvalue weighted by molar-refractivity contribution is 5.63. The van der Waals surface area contributed by atoms with Crippen LogP contribution in [-0.2, 0) is 0 Å². The maximum Gasteiger partial charge on any atom is 0.401 e. The van der Waals surface area contributed by atoms with Crippen molar-refractivity contribution in [1.29, 1.82) is 5.26 Å². The third-order valence-corrected chi connectivity index (χ3v) is 3.80. The third-order valence-electron chi connectivity index (χ3n) is 3.80. The lowest BCUT2D eigenvalue weighted by atomic mass is 10.1. The molecule has 23 heavy (non-hydrogen) atoms. The summed E-state index contributed by atoms with van der Waals surface area (Å²) in [5, 5.41) is 19.9. The number of nitro benzene ring substituents is 1. The molecule has 0 radical (unpaired) electrons. The predicted octanol–water partition coefficient (Wildman–Crippen LogP) is 2.54. The summed E-state index contributed by atoms with van der Waals surface area (Å²) in [6.07, 6.45) is -4.25. The van der Waals surface area contributed by atoms with Crippen molar-refractivity contribution in [2.24, 2.45) is 0 Å². The molecule has 0 saturated carbocycles. The van der Waals surface area contributed by atoms with Gasteiger partial charge >= 0.3 is 6.18 Å². The predicted molar refractivity (Wildman–Crippen MR) is 77.1 cm³/mol. The van der Waals surface area contributed by atoms with E-state index in [4.69, 9.17) is 5.26 Å². The van der Waals surface area contributed by atoms with Gasteiger partial charge in [0, 0.05) is 37.8 Å². The normalized spacial score (nSPS) is 19.4. The van der Waals surface area contributed by atoms with Crippen LogP contribution in [0.25, 0.3) is 0 Å². The minimum Gasteiger partial charge on any atom is -0.368 e. The summed E-state index contributed by atoms with van der Waals surface area (Å²) in [5.74, 6) is 0. The highest BCUT2D eigenvalue weighted by atomic mass is 19.4. The molecule has 1 atom stereocenters. The number of piperazine rings is 1. The Labute approximate surface area is 130 Å². The molecule has 0 amide bonds. The minimum absolute atomic E-state index is 0.149. The quantitative estimate of drug-likeness (QED) is 0.630. The lowest BCUT2D eigenvalue weighted by Crippen LogP contribution is -2.54. The molecule has 0 aliphatic carbocycles. The summed E-state index contributed by atoms with van der Waals surface area (Å²) >= 11 is 0. The molecule has 1 aliphatic heterocycles. The van der Waals surface area contributed by atoms with Gasteiger partial charge in [0.05, 0.1) is 22.7 Å². The molecule has 1 unspecified atom stereocenters. The second kappa shape index (κ2) is 6.42. The number of nitriles is 1. The Bertz CT molecular complexity index is 642. The number of non-ortho nitro benzene ring substituents is 1. The molecule has 1 heterocycles. The average Bonchev–Trinajstić information content (AvgIpc) is 2.47. The molecule has 0 bridgehead atoms. The molecule has 6 nitrogen and oxygen atoms in total. The largest absolute Gasteiger partial charge is 0.401 e. The zero-order valence-electron chi connectivity index (χ0n) is 12.4. The van der Waals surface area contributed by atoms with Gasteiger partial charge in [-0.25, -0.2) is 0 Å². The maximum atomic E-state index is 12.5. The van der Waals surface area contributed by atoms with Crippen LogP contribution in [0.15, 0.2) is 18.2 Å². The van der Waals surface area contributed by atoms with Crippen molar-refractivity contribution in [3.8, 4) is 6.07 Å². The Morgan fingerprint density at radius 1 is 1.43 bits per heavy atom. The summed E-state index contributed by atoms with van der Waals surface area (Å²) in [5.41, 5.74) is 0.473. The summed E-state index contributed by atoms with van der Waals surface area (Å²) in [7, 11) is 0. The van der Waals surface area contributed by atoms with Crippen molar-refractivity contribution in [1.82, 2.24) is 4.90 Å². The van der Waals surface area contributed by atoms with Gasteiger partial charge in [-0.05, 0) is 13.0 Å². The lowest BCUT2D eigenvalue weighted by molar-refractivity contribution is -0.384. The smallest absolute Gasteiger partial charge is 0.368 e. The number of nitrogens with zero attached hydrogens (tertiary/aromatic N) is 4. The van der Waals surface area contributed by atoms with Gasteiger partial charge in [-0.15, -0.1) is 0 Å². The Balaban J connectivity index is 2.16. The number of hydrogen-bond acceptors (Lipinski definition) is 5. The number of alkyl halides is 3. The summed E-state index contributed by atoms with van der Waals surface area (Å²) < 4.78 is 37.5. The molecule has 124 valence electrons. The van der Waals surface area contributed by atoms with E-state index in [9.17, 15) is 23.3 Å². The van der Waals surface area contributed by atoms with Crippen molar-refractivity contribution < 1.29 is 18.1 Å². The topological polar surface area (TPSA) is 73.4 Å². The van der Waals surface area contributed by atoms with Crippen LogP contribution in [0.5, 0.6) is 0 Å². The Hall–Kier alpha value is -2.34. The van der Waals surface area contributed by atoms with E-state index in [-0.39, 0.29) is 23.8 Å². The van der Waals surface area contributed by atoms with E-state index < -0.39 is 17.6 Å². The molecule has 1 aromatic rings. The first-order valence-corrected chi connectivity index (χ1v) is 6.95. The first kappa shape index (κ1) is 17.0. The molecule has 1 aliphatic rings. The third kappa shape index (κ3) is 4.10. The van der Waals surface area contributed by atoms with Gasteiger partial charge in [0.25, 0.3) is 5.69 Å². The van der Waals surface area contributed by atoms with E-state index >= 15 is 0 Å². The summed E-state index contributed by atoms with van der Waals surface area (Å²) in [6.45, 7) is 1.58. The SMILES string of the molecule is CC1CN(c2ccc([N+](=O)[O-])cc2C#N)CCN1CC(F)(F)F. The van der Waals surface area contributed by atoms with Gasteiger partial charge in [-0.3, -0.25) is 15.0 Å². The van der Waals surface area contributed by atoms with Gasteiger partial charge in [0.1, 0.15) is 6.07 Å².